The molecule has 1 unspecified atom stereocenters. The zero-order valence-corrected chi connectivity index (χ0v) is 12.9. The number of carbonyl (C=O) groups excluding carboxylic acids is 1. The average molecular weight is 282 g/mol. The number of hydrogen-bond acceptors (Lipinski definition) is 2. The fourth-order valence-electron chi connectivity index (χ4n) is 2.33. The molecule has 2 nitrogen and oxygen atoms in total. The molecule has 1 atom stereocenters. The average Bonchev–Trinajstić information content (AvgIpc) is 2.52. The van der Waals surface area contributed by atoms with Crippen LogP contribution in [0.25, 0.3) is 0 Å². The zero-order valence-electron chi connectivity index (χ0n) is 12.9. The van der Waals surface area contributed by atoms with Gasteiger partial charge in [0, 0.05) is 0 Å². The molecule has 2 aromatic carbocycles. The third-order valence-corrected chi connectivity index (χ3v) is 3.79. The topological polar surface area (TPSA) is 26.3 Å². The van der Waals surface area contributed by atoms with Gasteiger partial charge in [0.1, 0.15) is 12.4 Å². The van der Waals surface area contributed by atoms with E-state index in [4.69, 9.17) is 4.74 Å². The Balaban J connectivity index is 2.32. The SMILES string of the molecule is CCC(C)c1cccc(C(C)=O)c1OCc1ccccc1. The van der Waals surface area contributed by atoms with Gasteiger partial charge in [0.25, 0.3) is 0 Å². The summed E-state index contributed by atoms with van der Waals surface area (Å²) in [7, 11) is 0. The quantitative estimate of drug-likeness (QED) is 0.698. The summed E-state index contributed by atoms with van der Waals surface area (Å²) in [5, 5.41) is 0. The smallest absolute Gasteiger partial charge is 0.163 e. The van der Waals surface area contributed by atoms with Gasteiger partial charge in [-0.25, -0.2) is 0 Å². The minimum Gasteiger partial charge on any atom is -0.488 e. The Morgan fingerprint density at radius 3 is 2.43 bits per heavy atom. The monoisotopic (exact) mass is 282 g/mol. The summed E-state index contributed by atoms with van der Waals surface area (Å²) >= 11 is 0. The maximum absolute atomic E-state index is 11.9. The summed E-state index contributed by atoms with van der Waals surface area (Å²) in [5.41, 5.74) is 2.89. The molecule has 0 aliphatic carbocycles. The first-order chi connectivity index (χ1) is 10.1. The van der Waals surface area contributed by atoms with Gasteiger partial charge < -0.3 is 4.74 Å². The van der Waals surface area contributed by atoms with Crippen molar-refractivity contribution in [1.82, 2.24) is 0 Å². The number of Topliss-reactive ketones (excluding diaryl/α,β-unsaturated/α-hetero) is 1. The molecule has 0 aliphatic rings. The number of ketones is 1. The van der Waals surface area contributed by atoms with Gasteiger partial charge >= 0.3 is 0 Å². The molecule has 0 saturated carbocycles. The van der Waals surface area contributed by atoms with E-state index >= 15 is 0 Å². The lowest BCUT2D eigenvalue weighted by Crippen LogP contribution is -2.06. The summed E-state index contributed by atoms with van der Waals surface area (Å²) in [4.78, 5) is 11.9. The van der Waals surface area contributed by atoms with E-state index in [2.05, 4.69) is 19.9 Å². The third-order valence-electron chi connectivity index (χ3n) is 3.79. The Hall–Kier alpha value is -2.09. The molecular weight excluding hydrogens is 260 g/mol. The predicted molar refractivity (Wildman–Crippen MR) is 85.9 cm³/mol. The normalized spacial score (nSPS) is 12.0. The number of hydrogen-bond donors (Lipinski definition) is 0. The molecule has 0 spiro atoms. The van der Waals surface area contributed by atoms with Crippen molar-refractivity contribution in [2.75, 3.05) is 0 Å². The van der Waals surface area contributed by atoms with Crippen molar-refractivity contribution in [2.45, 2.75) is 39.7 Å². The van der Waals surface area contributed by atoms with E-state index in [1.807, 2.05) is 42.5 Å². The molecule has 0 radical (unpaired) electrons. The van der Waals surface area contributed by atoms with Crippen LogP contribution in [0.2, 0.25) is 0 Å². The molecule has 21 heavy (non-hydrogen) atoms. The highest BCUT2D eigenvalue weighted by molar-refractivity contribution is 5.97. The van der Waals surface area contributed by atoms with Crippen molar-refractivity contribution in [2.24, 2.45) is 0 Å². The van der Waals surface area contributed by atoms with Gasteiger partial charge in [-0.1, -0.05) is 56.3 Å². The van der Waals surface area contributed by atoms with Crippen LogP contribution in [0.3, 0.4) is 0 Å². The van der Waals surface area contributed by atoms with Gasteiger partial charge in [0.15, 0.2) is 5.78 Å². The van der Waals surface area contributed by atoms with Gasteiger partial charge in [-0.2, -0.15) is 0 Å². The molecule has 0 N–H and O–H groups in total. The van der Waals surface area contributed by atoms with E-state index in [-0.39, 0.29) is 5.78 Å². The molecule has 2 rings (SSSR count). The van der Waals surface area contributed by atoms with Crippen LogP contribution in [0.1, 0.15) is 54.6 Å². The molecule has 0 saturated heterocycles. The van der Waals surface area contributed by atoms with Gasteiger partial charge in [0.2, 0.25) is 0 Å². The molecule has 0 bridgehead atoms. The number of carbonyl (C=O) groups is 1. The van der Waals surface area contributed by atoms with E-state index in [1.165, 1.54) is 0 Å². The standard InChI is InChI=1S/C19H22O2/c1-4-14(2)17-11-8-12-18(15(3)20)19(17)21-13-16-9-6-5-7-10-16/h5-12,14H,4,13H2,1-3H3. The van der Waals surface area contributed by atoms with Crippen molar-refractivity contribution in [3.05, 3.63) is 65.2 Å². The van der Waals surface area contributed by atoms with E-state index in [0.29, 0.717) is 18.1 Å². The number of para-hydroxylation sites is 1. The van der Waals surface area contributed by atoms with Gasteiger partial charge in [-0.15, -0.1) is 0 Å². The number of benzene rings is 2. The lowest BCUT2D eigenvalue weighted by molar-refractivity contribution is 0.101. The Labute approximate surface area is 126 Å². The first kappa shape index (κ1) is 15.3. The molecule has 0 amide bonds. The maximum Gasteiger partial charge on any atom is 0.163 e. The highest BCUT2D eigenvalue weighted by Gasteiger charge is 2.16. The van der Waals surface area contributed by atoms with Crippen LogP contribution in [0.15, 0.2) is 48.5 Å². The van der Waals surface area contributed by atoms with Crippen molar-refractivity contribution in [3.8, 4) is 5.75 Å². The van der Waals surface area contributed by atoms with E-state index in [1.54, 1.807) is 6.92 Å². The van der Waals surface area contributed by atoms with Gasteiger partial charge in [0.05, 0.1) is 5.56 Å². The molecule has 2 aromatic rings. The third kappa shape index (κ3) is 3.72. The van der Waals surface area contributed by atoms with Gasteiger partial charge in [-0.05, 0) is 36.5 Å². The second-order valence-corrected chi connectivity index (χ2v) is 5.36. The molecule has 0 aliphatic heterocycles. The van der Waals surface area contributed by atoms with Crippen molar-refractivity contribution < 1.29 is 9.53 Å². The van der Waals surface area contributed by atoms with Crippen LogP contribution in [0.4, 0.5) is 0 Å². The van der Waals surface area contributed by atoms with Crippen LogP contribution in [0.5, 0.6) is 5.75 Å². The lowest BCUT2D eigenvalue weighted by atomic mass is 9.94. The number of ether oxygens (including phenoxy) is 1. The molecule has 0 fully saturated rings. The summed E-state index contributed by atoms with van der Waals surface area (Å²) < 4.78 is 6.02. The van der Waals surface area contributed by atoms with Gasteiger partial charge in [-0.3, -0.25) is 4.79 Å². The summed E-state index contributed by atoms with van der Waals surface area (Å²) in [5.74, 6) is 1.15. The minimum absolute atomic E-state index is 0.0446. The fraction of sp³-hybridized carbons (Fsp3) is 0.316. The molecule has 0 aromatic heterocycles. The van der Waals surface area contributed by atoms with Crippen LogP contribution in [0, 0.1) is 0 Å². The lowest BCUT2D eigenvalue weighted by Gasteiger charge is -2.18. The van der Waals surface area contributed by atoms with Crippen LogP contribution >= 0.6 is 0 Å². The zero-order chi connectivity index (χ0) is 15.2. The second kappa shape index (κ2) is 7.07. The van der Waals surface area contributed by atoms with Crippen LogP contribution in [-0.2, 0) is 6.61 Å². The summed E-state index contributed by atoms with van der Waals surface area (Å²) in [6, 6.07) is 15.9. The van der Waals surface area contributed by atoms with E-state index < -0.39 is 0 Å². The summed E-state index contributed by atoms with van der Waals surface area (Å²) in [6.45, 7) is 6.38. The van der Waals surface area contributed by atoms with E-state index in [9.17, 15) is 4.79 Å². The fourth-order valence-corrected chi connectivity index (χ4v) is 2.33. The largest absolute Gasteiger partial charge is 0.488 e. The van der Waals surface area contributed by atoms with Crippen molar-refractivity contribution >= 4 is 5.78 Å². The highest BCUT2D eigenvalue weighted by Crippen LogP contribution is 2.33. The molecule has 0 heterocycles. The summed E-state index contributed by atoms with van der Waals surface area (Å²) in [6.07, 6.45) is 1.02. The Morgan fingerprint density at radius 1 is 1.10 bits per heavy atom. The van der Waals surface area contributed by atoms with E-state index in [0.717, 1.165) is 23.3 Å². The molecule has 2 heteroatoms. The second-order valence-electron chi connectivity index (χ2n) is 5.36. The van der Waals surface area contributed by atoms with Crippen molar-refractivity contribution in [3.63, 3.8) is 0 Å². The Morgan fingerprint density at radius 2 is 1.81 bits per heavy atom. The van der Waals surface area contributed by atoms with Crippen molar-refractivity contribution in [1.29, 1.82) is 0 Å². The van der Waals surface area contributed by atoms with Crippen LogP contribution in [-0.4, -0.2) is 5.78 Å². The molecule has 110 valence electrons. The number of rotatable bonds is 6. The Kier molecular flexibility index (Phi) is 5.15. The Bertz CT molecular complexity index is 602. The first-order valence-electron chi connectivity index (χ1n) is 7.44. The molecular formula is C19H22O2. The first-order valence-corrected chi connectivity index (χ1v) is 7.44. The minimum atomic E-state index is 0.0446. The highest BCUT2D eigenvalue weighted by atomic mass is 16.5. The van der Waals surface area contributed by atoms with Crippen LogP contribution < -0.4 is 4.74 Å². The predicted octanol–water partition coefficient (Wildman–Crippen LogP) is 4.98. The maximum atomic E-state index is 11.9.